The average Bonchev–Trinajstić information content (AvgIpc) is 3.47. The number of Topliss-reactive ketones (excluding diaryl/α,β-unsaturated/α-hetero) is 1. The molecular weight excluding hydrogens is 518 g/mol. The predicted molar refractivity (Wildman–Crippen MR) is 157 cm³/mol. The standard InChI is InChI=1S/C34H37NO6/c1-4-6-10-17-40-28-16-13-24(20-29(28)39-5-2)31-30(32(36)25-14-15-27-26(19-25)18-22(3)41-27)33(37)34(38)35(31)21-23-11-8-7-9-12-23/h7-9,11-16,19-20,22,31,36H,4-6,10,17-18,21H2,1-3H3/t22-,31-/m0/s1. The summed E-state index contributed by atoms with van der Waals surface area (Å²) >= 11 is 0. The molecule has 0 aliphatic carbocycles. The molecule has 214 valence electrons. The molecular formula is C34H37NO6. The Labute approximate surface area is 241 Å². The summed E-state index contributed by atoms with van der Waals surface area (Å²) in [5.74, 6) is 0.341. The second-order valence-corrected chi connectivity index (χ2v) is 10.6. The molecule has 2 atom stereocenters. The van der Waals surface area contributed by atoms with E-state index in [4.69, 9.17) is 14.2 Å². The number of amides is 1. The van der Waals surface area contributed by atoms with E-state index in [0.717, 1.165) is 36.1 Å². The fourth-order valence-corrected chi connectivity index (χ4v) is 5.51. The molecule has 0 aromatic heterocycles. The maximum Gasteiger partial charge on any atom is 0.295 e. The predicted octanol–water partition coefficient (Wildman–Crippen LogP) is 6.60. The van der Waals surface area contributed by atoms with E-state index in [1.165, 1.54) is 4.90 Å². The van der Waals surface area contributed by atoms with Crippen molar-refractivity contribution in [3.8, 4) is 17.2 Å². The van der Waals surface area contributed by atoms with Crippen LogP contribution in [0.25, 0.3) is 5.76 Å². The molecule has 3 aromatic carbocycles. The van der Waals surface area contributed by atoms with Gasteiger partial charge in [0, 0.05) is 18.5 Å². The molecule has 1 N–H and O–H groups in total. The van der Waals surface area contributed by atoms with Crippen LogP contribution in [0.4, 0.5) is 0 Å². The van der Waals surface area contributed by atoms with Crippen molar-refractivity contribution in [1.82, 2.24) is 4.90 Å². The maximum atomic E-state index is 13.6. The number of nitrogens with zero attached hydrogens (tertiary/aromatic N) is 1. The number of rotatable bonds is 11. The van der Waals surface area contributed by atoms with Crippen molar-refractivity contribution < 1.29 is 28.9 Å². The van der Waals surface area contributed by atoms with E-state index in [2.05, 4.69) is 6.92 Å². The van der Waals surface area contributed by atoms with Gasteiger partial charge in [0.1, 0.15) is 17.6 Å². The lowest BCUT2D eigenvalue weighted by Gasteiger charge is -2.26. The molecule has 0 spiro atoms. The van der Waals surface area contributed by atoms with E-state index in [1.54, 1.807) is 12.1 Å². The fraction of sp³-hybridized carbons (Fsp3) is 0.353. The van der Waals surface area contributed by atoms with Gasteiger partial charge < -0.3 is 24.2 Å². The highest BCUT2D eigenvalue weighted by Crippen LogP contribution is 2.43. The second-order valence-electron chi connectivity index (χ2n) is 10.6. The summed E-state index contributed by atoms with van der Waals surface area (Å²) in [6.45, 7) is 7.23. The van der Waals surface area contributed by atoms with Crippen LogP contribution in [0.1, 0.15) is 68.3 Å². The number of hydrogen-bond acceptors (Lipinski definition) is 6. The molecule has 1 fully saturated rings. The molecule has 0 unspecified atom stereocenters. The van der Waals surface area contributed by atoms with Crippen LogP contribution in [0.3, 0.4) is 0 Å². The Kier molecular flexibility index (Phi) is 8.62. The molecule has 5 rings (SSSR count). The van der Waals surface area contributed by atoms with E-state index < -0.39 is 17.7 Å². The van der Waals surface area contributed by atoms with Gasteiger partial charge in [-0.15, -0.1) is 0 Å². The summed E-state index contributed by atoms with van der Waals surface area (Å²) in [7, 11) is 0. The Morgan fingerprint density at radius 2 is 1.78 bits per heavy atom. The van der Waals surface area contributed by atoms with E-state index in [-0.39, 0.29) is 24.0 Å². The summed E-state index contributed by atoms with van der Waals surface area (Å²) in [5.41, 5.74) is 3.02. The molecule has 3 aromatic rings. The number of ether oxygens (including phenoxy) is 3. The number of aliphatic hydroxyl groups is 1. The molecule has 2 heterocycles. The Morgan fingerprint density at radius 1 is 0.976 bits per heavy atom. The average molecular weight is 556 g/mol. The van der Waals surface area contributed by atoms with Crippen LogP contribution >= 0.6 is 0 Å². The maximum absolute atomic E-state index is 13.6. The van der Waals surface area contributed by atoms with Gasteiger partial charge in [0.2, 0.25) is 0 Å². The minimum Gasteiger partial charge on any atom is -0.507 e. The molecule has 2 aliphatic heterocycles. The van der Waals surface area contributed by atoms with Crippen LogP contribution in [0.15, 0.2) is 72.3 Å². The Bertz CT molecular complexity index is 1450. The zero-order chi connectivity index (χ0) is 28.9. The summed E-state index contributed by atoms with van der Waals surface area (Å²) < 4.78 is 17.8. The molecule has 2 aliphatic rings. The second kappa shape index (κ2) is 12.5. The molecule has 0 radical (unpaired) electrons. The van der Waals surface area contributed by atoms with Crippen molar-refractivity contribution >= 4 is 17.4 Å². The van der Waals surface area contributed by atoms with E-state index in [1.807, 2.05) is 68.4 Å². The van der Waals surface area contributed by atoms with Crippen molar-refractivity contribution in [1.29, 1.82) is 0 Å². The summed E-state index contributed by atoms with van der Waals surface area (Å²) in [5, 5.41) is 11.6. The molecule has 7 nitrogen and oxygen atoms in total. The first-order valence-electron chi connectivity index (χ1n) is 14.4. The normalized spacial score (nSPS) is 19.2. The first-order chi connectivity index (χ1) is 19.9. The molecule has 7 heteroatoms. The third-order valence-corrected chi connectivity index (χ3v) is 7.49. The Morgan fingerprint density at radius 3 is 2.54 bits per heavy atom. The van der Waals surface area contributed by atoms with Crippen molar-refractivity contribution in [3.63, 3.8) is 0 Å². The van der Waals surface area contributed by atoms with E-state index in [0.29, 0.717) is 42.3 Å². The summed E-state index contributed by atoms with van der Waals surface area (Å²) in [6, 6.07) is 19.6. The van der Waals surface area contributed by atoms with Gasteiger partial charge in [-0.1, -0.05) is 56.2 Å². The smallest absolute Gasteiger partial charge is 0.295 e. The quantitative estimate of drug-likeness (QED) is 0.124. The van der Waals surface area contributed by atoms with Gasteiger partial charge in [0.25, 0.3) is 11.7 Å². The third kappa shape index (κ3) is 5.94. The highest BCUT2D eigenvalue weighted by molar-refractivity contribution is 6.46. The first-order valence-corrected chi connectivity index (χ1v) is 14.4. The number of hydrogen-bond donors (Lipinski definition) is 1. The molecule has 41 heavy (non-hydrogen) atoms. The Balaban J connectivity index is 1.59. The summed E-state index contributed by atoms with van der Waals surface area (Å²) in [4.78, 5) is 28.6. The van der Waals surface area contributed by atoms with Gasteiger partial charge in [-0.2, -0.15) is 0 Å². The lowest BCUT2D eigenvalue weighted by atomic mass is 9.94. The number of likely N-dealkylation sites (tertiary alicyclic amines) is 1. The van der Waals surface area contributed by atoms with Gasteiger partial charge in [-0.25, -0.2) is 0 Å². The third-order valence-electron chi connectivity index (χ3n) is 7.49. The number of fused-ring (bicyclic) bond motifs is 1. The largest absolute Gasteiger partial charge is 0.507 e. The van der Waals surface area contributed by atoms with E-state index >= 15 is 0 Å². The van der Waals surface area contributed by atoms with Crippen LogP contribution in [-0.2, 0) is 22.6 Å². The van der Waals surface area contributed by atoms with Gasteiger partial charge in [0.05, 0.1) is 24.8 Å². The lowest BCUT2D eigenvalue weighted by molar-refractivity contribution is -0.140. The number of unbranched alkanes of at least 4 members (excludes halogenated alkanes) is 2. The van der Waals surface area contributed by atoms with Crippen molar-refractivity contribution in [2.75, 3.05) is 13.2 Å². The van der Waals surface area contributed by atoms with Crippen LogP contribution in [0, 0.1) is 0 Å². The fourth-order valence-electron chi connectivity index (χ4n) is 5.51. The van der Waals surface area contributed by atoms with Crippen LogP contribution < -0.4 is 14.2 Å². The number of ketones is 1. The zero-order valence-electron chi connectivity index (χ0n) is 23.9. The molecule has 0 bridgehead atoms. The van der Waals surface area contributed by atoms with Crippen molar-refractivity contribution in [3.05, 3.63) is 94.6 Å². The Hall–Kier alpha value is -4.26. The zero-order valence-corrected chi connectivity index (χ0v) is 23.9. The first kappa shape index (κ1) is 28.3. The SMILES string of the molecule is CCCCCOc1ccc([C@H]2C(=C(O)c3ccc4c(c3)C[C@H](C)O4)C(=O)C(=O)N2Cc2ccccc2)cc1OCC. The van der Waals surface area contributed by atoms with Crippen molar-refractivity contribution in [2.24, 2.45) is 0 Å². The van der Waals surface area contributed by atoms with Crippen LogP contribution in [0.5, 0.6) is 17.2 Å². The van der Waals surface area contributed by atoms with Crippen LogP contribution in [0.2, 0.25) is 0 Å². The van der Waals surface area contributed by atoms with Gasteiger partial charge in [0.15, 0.2) is 11.5 Å². The monoisotopic (exact) mass is 555 g/mol. The molecule has 1 saturated heterocycles. The summed E-state index contributed by atoms with van der Waals surface area (Å²) in [6.07, 6.45) is 3.85. The number of carbonyl (C=O) groups excluding carboxylic acids is 2. The molecule has 1 amide bonds. The number of aliphatic hydroxyl groups excluding tert-OH is 1. The highest BCUT2D eigenvalue weighted by atomic mass is 16.5. The number of benzene rings is 3. The molecule has 0 saturated carbocycles. The minimum absolute atomic E-state index is 0.0403. The number of carbonyl (C=O) groups is 2. The van der Waals surface area contributed by atoms with Crippen molar-refractivity contribution in [2.45, 2.75) is 65.1 Å². The van der Waals surface area contributed by atoms with Gasteiger partial charge in [-0.05, 0) is 67.3 Å². The minimum atomic E-state index is -0.813. The lowest BCUT2D eigenvalue weighted by Crippen LogP contribution is -2.29. The highest BCUT2D eigenvalue weighted by Gasteiger charge is 2.46. The topological polar surface area (TPSA) is 85.3 Å². The van der Waals surface area contributed by atoms with Gasteiger partial charge in [-0.3, -0.25) is 9.59 Å². The van der Waals surface area contributed by atoms with Crippen LogP contribution in [-0.4, -0.2) is 41.0 Å². The van der Waals surface area contributed by atoms with E-state index in [9.17, 15) is 14.7 Å². The van der Waals surface area contributed by atoms with Gasteiger partial charge >= 0.3 is 0 Å².